The maximum atomic E-state index is 3.64. The van der Waals surface area contributed by atoms with Gasteiger partial charge in [-0.25, -0.2) is 0 Å². The molecule has 0 radical (unpaired) electrons. The van der Waals surface area contributed by atoms with E-state index in [1.807, 2.05) is 36.4 Å². The Morgan fingerprint density at radius 2 is 0.433 bits per heavy atom. The lowest BCUT2D eigenvalue weighted by Crippen LogP contribution is -1.98. The highest BCUT2D eigenvalue weighted by molar-refractivity contribution is 6.20. The molecule has 0 unspecified atom stereocenters. The molecular formula is C24H18N6. The summed E-state index contributed by atoms with van der Waals surface area (Å²) in [6.45, 7) is 0. The maximum Gasteiger partial charge on any atom is 0.0908 e. The number of hydrogen-bond acceptors (Lipinski definition) is 0. The Labute approximate surface area is 169 Å². The van der Waals surface area contributed by atoms with Crippen molar-refractivity contribution in [2.24, 2.45) is 0 Å². The summed E-state index contributed by atoms with van der Waals surface area (Å²) in [5.41, 5.74) is 12.4. The Hall–Kier alpha value is -4.32. The van der Waals surface area contributed by atoms with Crippen LogP contribution in [0.4, 0.5) is 0 Å². The molecule has 7 rings (SSSR count). The highest BCUT2D eigenvalue weighted by Crippen LogP contribution is 2.32. The first-order valence-corrected chi connectivity index (χ1v) is 9.98. The van der Waals surface area contributed by atoms with Gasteiger partial charge < -0.3 is 29.9 Å². The molecule has 4 aromatic carbocycles. The summed E-state index contributed by atoms with van der Waals surface area (Å²) in [6.07, 6.45) is 0. The molecule has 0 saturated heterocycles. The Kier molecular flexibility index (Phi) is 2.91. The minimum absolute atomic E-state index is 1.01. The van der Waals surface area contributed by atoms with Crippen LogP contribution in [-0.2, 0) is 0 Å². The second kappa shape index (κ2) is 5.61. The lowest BCUT2D eigenvalue weighted by Gasteiger charge is -2.14. The second-order valence-corrected chi connectivity index (χ2v) is 7.64. The number of H-pyrrole nitrogens is 6. The lowest BCUT2D eigenvalue weighted by atomic mass is 10.1. The first kappa shape index (κ1) is 15.6. The SMILES string of the molecule is c1ccc2[nH]c3c([nH]c2c1)c1[nH]c2ccccc2[nH]c1c1[nH]c2ccccc2[nH]c31. The molecule has 30 heavy (non-hydrogen) atoms. The third kappa shape index (κ3) is 2.07. The summed E-state index contributed by atoms with van der Waals surface area (Å²) < 4.78 is 0. The van der Waals surface area contributed by atoms with E-state index in [4.69, 9.17) is 0 Å². The molecule has 0 saturated carbocycles. The molecule has 0 bridgehead atoms. The quantitative estimate of drug-likeness (QED) is 0.130. The van der Waals surface area contributed by atoms with Gasteiger partial charge >= 0.3 is 0 Å². The van der Waals surface area contributed by atoms with Crippen LogP contribution in [0.1, 0.15) is 0 Å². The van der Waals surface area contributed by atoms with Crippen LogP contribution in [0.15, 0.2) is 72.8 Å². The van der Waals surface area contributed by atoms with Crippen LogP contribution < -0.4 is 0 Å². The van der Waals surface area contributed by atoms with Crippen LogP contribution in [0.25, 0.3) is 66.2 Å². The molecular weight excluding hydrogens is 372 g/mol. The standard InChI is InChI=1S/C24H18N6/c1-2-8-14-13(7-1)25-19-20(26-14)22-24(30-18-12-6-5-11-17(18)28-22)23-21(19)27-15-9-3-4-10-16(15)29-23/h1-12,25-30H. The summed E-state index contributed by atoms with van der Waals surface area (Å²) in [5.74, 6) is 0. The van der Waals surface area contributed by atoms with Gasteiger partial charge in [-0.05, 0) is 36.4 Å². The van der Waals surface area contributed by atoms with E-state index < -0.39 is 0 Å². The summed E-state index contributed by atoms with van der Waals surface area (Å²) in [7, 11) is 0. The minimum Gasteiger partial charge on any atom is -0.350 e. The van der Waals surface area contributed by atoms with Crippen molar-refractivity contribution in [1.82, 2.24) is 29.9 Å². The normalized spacial score (nSPS) is 12.0. The number of hydrogen-bond donors (Lipinski definition) is 6. The first-order valence-electron chi connectivity index (χ1n) is 9.98. The molecule has 0 aliphatic carbocycles. The molecule has 0 spiro atoms. The summed E-state index contributed by atoms with van der Waals surface area (Å²) in [5, 5.41) is 0. The average molecular weight is 390 g/mol. The predicted octanol–water partition coefficient (Wildman–Crippen LogP) is 6.26. The van der Waals surface area contributed by atoms with Gasteiger partial charge in [-0.15, -0.1) is 0 Å². The highest BCUT2D eigenvalue weighted by Gasteiger charge is 2.14. The Morgan fingerprint density at radius 3 is 0.600 bits per heavy atom. The van der Waals surface area contributed by atoms with Crippen LogP contribution in [0.5, 0.6) is 0 Å². The number of fused-ring (bicyclic) bond motifs is 9. The lowest BCUT2D eigenvalue weighted by molar-refractivity contribution is 1.34. The molecule has 0 fully saturated rings. The van der Waals surface area contributed by atoms with E-state index in [1.54, 1.807) is 0 Å². The second-order valence-electron chi connectivity index (χ2n) is 7.64. The number of rotatable bonds is 0. The Balaban J connectivity index is 1.82. The van der Waals surface area contributed by atoms with E-state index in [0.29, 0.717) is 0 Å². The van der Waals surface area contributed by atoms with E-state index in [1.165, 1.54) is 0 Å². The molecule has 0 atom stereocenters. The van der Waals surface area contributed by atoms with E-state index in [2.05, 4.69) is 66.3 Å². The number of aromatic nitrogens is 6. The smallest absolute Gasteiger partial charge is 0.0908 e. The largest absolute Gasteiger partial charge is 0.350 e. The van der Waals surface area contributed by atoms with Gasteiger partial charge in [0.1, 0.15) is 0 Å². The van der Waals surface area contributed by atoms with Crippen LogP contribution in [0.2, 0.25) is 0 Å². The van der Waals surface area contributed by atoms with Crippen molar-refractivity contribution >= 4 is 66.2 Å². The molecule has 6 N–H and O–H groups in total. The summed E-state index contributed by atoms with van der Waals surface area (Å²) in [4.78, 5) is 21.8. The van der Waals surface area contributed by atoms with Gasteiger partial charge in [0, 0.05) is 0 Å². The molecule has 3 heterocycles. The van der Waals surface area contributed by atoms with Gasteiger partial charge in [0.2, 0.25) is 0 Å². The molecule has 7 aromatic rings. The zero-order valence-corrected chi connectivity index (χ0v) is 15.9. The van der Waals surface area contributed by atoms with Gasteiger partial charge in [-0.1, -0.05) is 36.4 Å². The molecule has 3 aromatic heterocycles. The van der Waals surface area contributed by atoms with Crippen molar-refractivity contribution in [3.8, 4) is 0 Å². The van der Waals surface area contributed by atoms with Gasteiger partial charge in [0.05, 0.1) is 66.2 Å². The van der Waals surface area contributed by atoms with Gasteiger partial charge in [-0.2, -0.15) is 0 Å². The molecule has 0 amide bonds. The molecule has 144 valence electrons. The van der Waals surface area contributed by atoms with Crippen molar-refractivity contribution < 1.29 is 0 Å². The van der Waals surface area contributed by atoms with Crippen molar-refractivity contribution in [3.05, 3.63) is 72.8 Å². The van der Waals surface area contributed by atoms with Crippen LogP contribution in [0.3, 0.4) is 0 Å². The fourth-order valence-electron chi connectivity index (χ4n) is 4.41. The summed E-state index contributed by atoms with van der Waals surface area (Å²) >= 11 is 0. The molecule has 0 aliphatic heterocycles. The van der Waals surface area contributed by atoms with E-state index in [0.717, 1.165) is 66.2 Å². The molecule has 6 heteroatoms. The summed E-state index contributed by atoms with van der Waals surface area (Å²) in [6, 6.07) is 24.8. The Morgan fingerprint density at radius 1 is 0.267 bits per heavy atom. The third-order valence-corrected chi connectivity index (χ3v) is 5.84. The average Bonchev–Trinajstić information content (AvgIpc) is 2.81. The van der Waals surface area contributed by atoms with Crippen LogP contribution in [-0.4, -0.2) is 29.9 Å². The van der Waals surface area contributed by atoms with Crippen LogP contribution >= 0.6 is 0 Å². The monoisotopic (exact) mass is 390 g/mol. The van der Waals surface area contributed by atoms with Crippen molar-refractivity contribution in [2.75, 3.05) is 0 Å². The third-order valence-electron chi connectivity index (χ3n) is 5.84. The number of nitrogens with one attached hydrogen (secondary N) is 6. The zero-order chi connectivity index (χ0) is 19.7. The Bertz CT molecular complexity index is 1440. The fourth-order valence-corrected chi connectivity index (χ4v) is 4.41. The highest BCUT2D eigenvalue weighted by atomic mass is 14.9. The van der Waals surface area contributed by atoms with Gasteiger partial charge in [-0.3, -0.25) is 0 Å². The molecule has 0 aliphatic rings. The number of benzene rings is 4. The van der Waals surface area contributed by atoms with Crippen molar-refractivity contribution in [1.29, 1.82) is 0 Å². The molecule has 6 nitrogen and oxygen atoms in total. The fraction of sp³-hybridized carbons (Fsp3) is 0. The zero-order valence-electron chi connectivity index (χ0n) is 15.9. The van der Waals surface area contributed by atoms with Crippen LogP contribution in [0, 0.1) is 0 Å². The van der Waals surface area contributed by atoms with E-state index in [9.17, 15) is 0 Å². The van der Waals surface area contributed by atoms with E-state index in [-0.39, 0.29) is 0 Å². The van der Waals surface area contributed by atoms with E-state index >= 15 is 0 Å². The van der Waals surface area contributed by atoms with Gasteiger partial charge in [0.15, 0.2) is 0 Å². The maximum absolute atomic E-state index is 3.64. The number of para-hydroxylation sites is 6. The van der Waals surface area contributed by atoms with Crippen molar-refractivity contribution in [2.45, 2.75) is 0 Å². The van der Waals surface area contributed by atoms with Crippen molar-refractivity contribution in [3.63, 3.8) is 0 Å². The van der Waals surface area contributed by atoms with Gasteiger partial charge in [0.25, 0.3) is 0 Å². The first-order chi connectivity index (χ1) is 14.8. The number of aromatic amines is 6. The minimum atomic E-state index is 1.01. The topological polar surface area (TPSA) is 94.7 Å². The predicted molar refractivity (Wildman–Crippen MR) is 124 cm³/mol.